The Bertz CT molecular complexity index is 3640. The van der Waals surface area contributed by atoms with Crippen LogP contribution in [0.1, 0.15) is 219 Å². The van der Waals surface area contributed by atoms with Crippen molar-refractivity contribution in [3.63, 3.8) is 0 Å². The number of allylic oxidation sites excluding steroid dienone is 6. The van der Waals surface area contributed by atoms with Crippen molar-refractivity contribution in [3.8, 4) is 34.5 Å². The van der Waals surface area contributed by atoms with Gasteiger partial charge in [-0.2, -0.15) is 0 Å². The van der Waals surface area contributed by atoms with Crippen LogP contribution in [0, 0.1) is 34.5 Å². The number of Topliss-reactive ketones (excluding diaryl/α,β-unsaturated/α-hetero) is 2. The number of ether oxygens (including phenoxy) is 5. The molecule has 0 unspecified atom stereocenters. The van der Waals surface area contributed by atoms with Crippen molar-refractivity contribution >= 4 is 41.0 Å². The van der Waals surface area contributed by atoms with Gasteiger partial charge in [-0.15, -0.1) is 0 Å². The first-order chi connectivity index (χ1) is 47.4. The maximum atomic E-state index is 12.2. The van der Waals surface area contributed by atoms with Gasteiger partial charge in [0.25, 0.3) is 0 Å². The molecule has 2 fully saturated rings. The lowest BCUT2D eigenvalue weighted by Crippen LogP contribution is -2.60. The first-order valence-electron chi connectivity index (χ1n) is 35.4. The maximum absolute atomic E-state index is 12.2. The van der Waals surface area contributed by atoms with E-state index in [9.17, 15) is 89.7 Å². The fourth-order valence-electron chi connectivity index (χ4n) is 15.2. The fourth-order valence-corrected chi connectivity index (χ4v) is 15.2. The number of esters is 3. The Kier molecular flexibility index (Phi) is 25.2. The number of aryl methyl sites for hydroxylation is 3. The molecule has 3 aromatic carbocycles. The molecule has 552 valence electrons. The van der Waals surface area contributed by atoms with Crippen LogP contribution in [0.25, 0.3) is 0 Å². The van der Waals surface area contributed by atoms with Crippen molar-refractivity contribution in [1.29, 1.82) is 0 Å². The van der Waals surface area contributed by atoms with Crippen LogP contribution < -0.4 is 0 Å². The predicted octanol–water partition coefficient (Wildman–Crippen LogP) is 10.3. The van der Waals surface area contributed by atoms with Gasteiger partial charge < -0.3 is 79.9 Å². The molecule has 4 aliphatic carbocycles. The van der Waals surface area contributed by atoms with Crippen LogP contribution in [0.3, 0.4) is 0 Å². The third-order valence-electron chi connectivity index (χ3n) is 22.0. The summed E-state index contributed by atoms with van der Waals surface area (Å²) in [7, 11) is 0. The van der Waals surface area contributed by atoms with Crippen LogP contribution >= 0.6 is 0 Å². The highest BCUT2D eigenvalue weighted by Crippen LogP contribution is 2.59. The third kappa shape index (κ3) is 17.7. The lowest BCUT2D eigenvalue weighted by Gasteiger charge is -2.51. The van der Waals surface area contributed by atoms with E-state index in [4.69, 9.17) is 23.7 Å². The van der Waals surface area contributed by atoms with Gasteiger partial charge in [-0.25, -0.2) is 14.4 Å². The maximum Gasteiger partial charge on any atom is 0.342 e. The monoisotopic (exact) mass is 1410 g/mol. The Morgan fingerprint density at radius 1 is 0.406 bits per heavy atom. The second kappa shape index (κ2) is 32.3. The summed E-state index contributed by atoms with van der Waals surface area (Å²) >= 11 is 0. The highest BCUT2D eigenvalue weighted by Gasteiger charge is 2.66. The summed E-state index contributed by atoms with van der Waals surface area (Å²) in [6.45, 7) is 17.3. The molecule has 14 atom stereocenters. The Balaban J connectivity index is 0.000000160. The molecular formula is C78H102O23. The highest BCUT2D eigenvalue weighted by atomic mass is 16.7. The van der Waals surface area contributed by atoms with Crippen molar-refractivity contribution in [1.82, 2.24) is 0 Å². The van der Waals surface area contributed by atoms with Gasteiger partial charge in [-0.3, -0.25) is 19.2 Å². The molecule has 23 heteroatoms. The molecule has 0 radical (unpaired) electrons. The number of aliphatic hydroxyl groups excluding tert-OH is 1. The summed E-state index contributed by atoms with van der Waals surface area (Å²) in [4.78, 5) is 83.9. The number of aliphatic hydroxyl groups is 5. The zero-order valence-corrected chi connectivity index (χ0v) is 59.4. The quantitative estimate of drug-likeness (QED) is 0.0736. The Hall–Kier alpha value is -7.77. The minimum atomic E-state index is -1.63. The van der Waals surface area contributed by atoms with E-state index in [1.165, 1.54) is 18.2 Å². The average Bonchev–Trinajstić information content (AvgIpc) is 1.65. The number of fused-ring (bicyclic) bond motifs is 7. The molecule has 0 bridgehead atoms. The summed E-state index contributed by atoms with van der Waals surface area (Å²) < 4.78 is 26.7. The van der Waals surface area contributed by atoms with Crippen LogP contribution in [0.2, 0.25) is 0 Å². The molecule has 5 aliphatic heterocycles. The molecule has 0 aromatic heterocycles. The summed E-state index contributed by atoms with van der Waals surface area (Å²) in [6, 6.07) is 7.79. The third-order valence-corrected chi connectivity index (χ3v) is 22.0. The topological polar surface area (TPSA) is 388 Å². The normalized spacial score (nSPS) is 33.6. The standard InChI is InChI=1S/C16H22O5.2C16H20O5.2C15H20O4/c2*1-10-4-2-6-12(17)7-3-5-11-8-13(18)9-14(19)15(11)16(20)21-10;1-10-7-12(17)6-4-2-3-5-11-8-13(18)9-14(19)15(11)16(20)21-10;2*1-9-7-19-15(18)6-11-4-5-12(16)10(2)13(11,3)8-14(9,15)17/h8-10,12,17-19H,2-7H2,1H3;2*8-10,18-19H,2-7H2,1H3;2*4-6,9-10,17-18H,7-8H2,1-3H3/t10-,12+;2*10-;9-,10+,13+,14+,15-;9-,10-,13+,14+,15-/m11100/s1. The molecule has 12 rings (SSSR count). The number of aromatic hydroxyl groups is 6. The average molecular weight is 1410 g/mol. The second-order valence-corrected chi connectivity index (χ2v) is 29.7. The van der Waals surface area contributed by atoms with Crippen LogP contribution in [0.15, 0.2) is 84.0 Å². The van der Waals surface area contributed by atoms with Gasteiger partial charge in [0.1, 0.15) is 80.1 Å². The highest BCUT2D eigenvalue weighted by molar-refractivity contribution is 5.97. The molecule has 0 spiro atoms. The van der Waals surface area contributed by atoms with Gasteiger partial charge in [0, 0.05) is 78.4 Å². The minimum Gasteiger partial charge on any atom is -0.508 e. The smallest absolute Gasteiger partial charge is 0.342 e. The van der Waals surface area contributed by atoms with Crippen molar-refractivity contribution in [3.05, 3.63) is 117 Å². The molecule has 5 heterocycles. The summed E-state index contributed by atoms with van der Waals surface area (Å²) in [5.41, 5.74) is 0.142. The van der Waals surface area contributed by atoms with E-state index in [2.05, 4.69) is 0 Å². The minimum absolute atomic E-state index is 0.0697. The number of ketones is 4. The van der Waals surface area contributed by atoms with Crippen molar-refractivity contribution in [2.24, 2.45) is 34.5 Å². The number of carbonyl (C=O) groups is 7. The van der Waals surface area contributed by atoms with Crippen LogP contribution in [0.4, 0.5) is 0 Å². The number of hydrogen-bond donors (Lipinski definition) is 11. The van der Waals surface area contributed by atoms with Crippen LogP contribution in [0.5, 0.6) is 34.5 Å². The van der Waals surface area contributed by atoms with Crippen molar-refractivity contribution in [2.75, 3.05) is 13.2 Å². The van der Waals surface area contributed by atoms with E-state index in [1.54, 1.807) is 57.2 Å². The van der Waals surface area contributed by atoms with Crippen LogP contribution in [-0.4, -0.2) is 158 Å². The first kappa shape index (κ1) is 78.9. The molecule has 2 saturated heterocycles. The number of carbonyl (C=O) groups excluding carboxylic acids is 7. The molecule has 0 saturated carbocycles. The molecule has 23 nitrogen and oxygen atoms in total. The van der Waals surface area contributed by atoms with Gasteiger partial charge in [0.05, 0.1) is 31.5 Å². The van der Waals surface area contributed by atoms with Gasteiger partial charge in [0.15, 0.2) is 11.6 Å². The molecule has 11 N–H and O–H groups in total. The first-order valence-corrected chi connectivity index (χ1v) is 35.4. The van der Waals surface area contributed by atoms with Crippen LogP contribution in [-0.2, 0) is 62.1 Å². The molecule has 3 aromatic rings. The summed E-state index contributed by atoms with van der Waals surface area (Å²) in [6.07, 6.45) is 19.9. The van der Waals surface area contributed by atoms with E-state index in [0.29, 0.717) is 126 Å². The lowest BCUT2D eigenvalue weighted by atomic mass is 9.56. The summed E-state index contributed by atoms with van der Waals surface area (Å²) in [5.74, 6) is -6.48. The Morgan fingerprint density at radius 3 is 1.21 bits per heavy atom. The lowest BCUT2D eigenvalue weighted by molar-refractivity contribution is -0.242. The van der Waals surface area contributed by atoms with E-state index >= 15 is 0 Å². The van der Waals surface area contributed by atoms with E-state index in [0.717, 1.165) is 55.0 Å². The van der Waals surface area contributed by atoms with Gasteiger partial charge in [-0.05, 0) is 187 Å². The zero-order valence-electron chi connectivity index (χ0n) is 59.4. The number of phenols is 6. The molecule has 9 aliphatic rings. The van der Waals surface area contributed by atoms with E-state index in [-0.39, 0.29) is 123 Å². The Labute approximate surface area is 589 Å². The summed E-state index contributed by atoms with van der Waals surface area (Å²) in [5, 5.41) is 111. The molecule has 101 heavy (non-hydrogen) atoms. The number of benzene rings is 3. The molecular weight excluding hydrogens is 1300 g/mol. The van der Waals surface area contributed by atoms with Crippen molar-refractivity contribution < 1.29 is 113 Å². The molecule has 0 amide bonds. The van der Waals surface area contributed by atoms with E-state index in [1.807, 2.05) is 41.5 Å². The predicted molar refractivity (Wildman–Crippen MR) is 369 cm³/mol. The van der Waals surface area contributed by atoms with Gasteiger partial charge in [-0.1, -0.05) is 60.1 Å². The zero-order chi connectivity index (χ0) is 74.3. The number of rotatable bonds is 0. The largest absolute Gasteiger partial charge is 0.508 e. The Morgan fingerprint density at radius 2 is 0.762 bits per heavy atom. The fraction of sp³-hybridized carbons (Fsp3) is 0.577. The van der Waals surface area contributed by atoms with Gasteiger partial charge >= 0.3 is 17.9 Å². The number of hydrogen-bond acceptors (Lipinski definition) is 23. The van der Waals surface area contributed by atoms with Crippen molar-refractivity contribution in [2.45, 2.75) is 238 Å². The number of phenolic OH excluding ortho intramolecular Hbond substituents is 6. The SMILES string of the molecule is C[C@@H]1C(=O)C=CC2=C[C@]3(O)OC[C@H](C)[C@]3(O)C[C@@]21C.C[C@@H]1CC(=O)CCCCCc2cc(O)cc(O)c2C(=O)O1.C[C@@H]1CCCC(=O)CCCc2cc(O)cc(O)c2C(=O)O1.C[C@@H]1CCC[C@H](O)CCCc2cc(O)cc(O)c2C(=O)O1.C[C@H]1C(=O)C=CC2=C[C@]3(O)OC[C@H](C)[C@]3(O)C[C@@]21C. The van der Waals surface area contributed by atoms with Gasteiger partial charge in [0.2, 0.25) is 11.6 Å². The second-order valence-electron chi connectivity index (χ2n) is 29.7. The van der Waals surface area contributed by atoms with E-state index < -0.39 is 57.6 Å². The number of cyclic esters (lactones) is 3.